The molecule has 0 fully saturated rings. The highest BCUT2D eigenvalue weighted by Crippen LogP contribution is 2.39. The predicted octanol–water partition coefficient (Wildman–Crippen LogP) is 8.10. The molecule has 0 amide bonds. The van der Waals surface area contributed by atoms with E-state index >= 15 is 0 Å². The van der Waals surface area contributed by atoms with E-state index in [1.54, 1.807) is 0 Å². The van der Waals surface area contributed by atoms with Crippen LogP contribution in [0.2, 0.25) is 0 Å². The number of benzene rings is 4. The molecule has 0 atom stereocenters. The van der Waals surface area contributed by atoms with Crippen LogP contribution in [0.4, 0.5) is 0 Å². The van der Waals surface area contributed by atoms with Gasteiger partial charge in [0, 0.05) is 11.1 Å². The van der Waals surface area contributed by atoms with Crippen LogP contribution in [0.25, 0.3) is 34.4 Å². The van der Waals surface area contributed by atoms with Gasteiger partial charge in [0.05, 0.1) is 0 Å². The van der Waals surface area contributed by atoms with Gasteiger partial charge in [-0.2, -0.15) is 0 Å². The fourth-order valence-electron chi connectivity index (χ4n) is 3.33. The van der Waals surface area contributed by atoms with Gasteiger partial charge < -0.3 is 4.74 Å². The van der Waals surface area contributed by atoms with Gasteiger partial charge in [-0.15, -0.1) is 0 Å². The van der Waals surface area contributed by atoms with E-state index in [9.17, 15) is 0 Å². The van der Waals surface area contributed by atoms with Gasteiger partial charge in [-0.25, -0.2) is 0 Å². The molecule has 0 aliphatic heterocycles. The molecular formula is C28H22O. The van der Waals surface area contributed by atoms with Crippen molar-refractivity contribution < 1.29 is 4.74 Å². The van der Waals surface area contributed by atoms with Crippen LogP contribution >= 0.6 is 0 Å². The lowest BCUT2D eigenvalue weighted by molar-refractivity contribution is 0.486. The summed E-state index contributed by atoms with van der Waals surface area (Å²) in [5, 5.41) is 0. The first-order chi connectivity index (χ1) is 14.3. The zero-order chi connectivity index (χ0) is 20.1. The largest absolute Gasteiger partial charge is 0.456 e. The van der Waals surface area contributed by atoms with Gasteiger partial charge in [0.2, 0.25) is 0 Å². The van der Waals surface area contributed by atoms with Crippen LogP contribution in [0.1, 0.15) is 11.1 Å². The maximum absolute atomic E-state index is 6.48. The Labute approximate surface area is 172 Å². The average molecular weight is 374 g/mol. The Morgan fingerprint density at radius 3 is 1.31 bits per heavy atom. The van der Waals surface area contributed by atoms with E-state index in [0.717, 1.165) is 44.9 Å². The first-order valence-corrected chi connectivity index (χ1v) is 9.60. The summed E-state index contributed by atoms with van der Waals surface area (Å²) < 4.78 is 6.48. The molecule has 1 heteroatoms. The quantitative estimate of drug-likeness (QED) is 0.331. The van der Waals surface area contributed by atoms with Gasteiger partial charge in [-0.05, 0) is 46.5 Å². The summed E-state index contributed by atoms with van der Waals surface area (Å²) in [4.78, 5) is 0. The van der Waals surface area contributed by atoms with Crippen LogP contribution in [0.3, 0.4) is 0 Å². The molecule has 0 saturated carbocycles. The van der Waals surface area contributed by atoms with Crippen LogP contribution in [-0.2, 0) is 0 Å². The summed E-state index contributed by atoms with van der Waals surface area (Å²) in [5.74, 6) is 1.62. The second kappa shape index (κ2) is 8.45. The van der Waals surface area contributed by atoms with Crippen LogP contribution in [0.15, 0.2) is 110 Å². The summed E-state index contributed by atoms with van der Waals surface area (Å²) in [6, 6.07) is 32.8. The number of rotatable bonds is 6. The summed E-state index contributed by atoms with van der Waals surface area (Å²) >= 11 is 0. The molecular weight excluding hydrogens is 352 g/mol. The molecule has 0 aliphatic carbocycles. The monoisotopic (exact) mass is 374 g/mol. The Morgan fingerprint density at radius 1 is 0.517 bits per heavy atom. The zero-order valence-electron chi connectivity index (χ0n) is 16.2. The minimum absolute atomic E-state index is 0.810. The first kappa shape index (κ1) is 18.5. The summed E-state index contributed by atoms with van der Waals surface area (Å²) in [7, 11) is 0. The third kappa shape index (κ3) is 4.04. The lowest BCUT2D eigenvalue weighted by atomic mass is 10.0. The van der Waals surface area contributed by atoms with Gasteiger partial charge in [0.15, 0.2) is 0 Å². The molecule has 0 spiro atoms. The third-order valence-electron chi connectivity index (χ3n) is 4.87. The Kier molecular flexibility index (Phi) is 5.40. The topological polar surface area (TPSA) is 9.23 Å². The molecule has 0 aliphatic rings. The molecule has 0 heterocycles. The van der Waals surface area contributed by atoms with Crippen molar-refractivity contribution in [1.82, 2.24) is 0 Å². The SMILES string of the molecule is C=Cc1ccc(Oc2ccc(C=C)cc2-c2ccccc2)c(-c2ccccc2)c1. The molecule has 0 bridgehead atoms. The first-order valence-electron chi connectivity index (χ1n) is 9.60. The highest BCUT2D eigenvalue weighted by atomic mass is 16.5. The molecule has 0 N–H and O–H groups in total. The summed E-state index contributed by atoms with van der Waals surface area (Å²) in [6.45, 7) is 7.80. The van der Waals surface area contributed by atoms with Crippen molar-refractivity contribution in [2.75, 3.05) is 0 Å². The van der Waals surface area contributed by atoms with Crippen LogP contribution in [0.5, 0.6) is 11.5 Å². The predicted molar refractivity (Wildman–Crippen MR) is 124 cm³/mol. The molecule has 0 radical (unpaired) electrons. The van der Waals surface area contributed by atoms with E-state index in [2.05, 4.69) is 49.6 Å². The second-order valence-electron chi connectivity index (χ2n) is 6.75. The van der Waals surface area contributed by atoms with Crippen molar-refractivity contribution >= 4 is 12.2 Å². The Hall–Kier alpha value is -3.84. The van der Waals surface area contributed by atoms with Crippen molar-refractivity contribution in [3.8, 4) is 33.8 Å². The molecule has 1 nitrogen and oxygen atoms in total. The van der Waals surface area contributed by atoms with Crippen LogP contribution in [-0.4, -0.2) is 0 Å². The minimum Gasteiger partial charge on any atom is -0.456 e. The molecule has 4 aromatic carbocycles. The van der Waals surface area contributed by atoms with E-state index in [4.69, 9.17) is 4.74 Å². The maximum atomic E-state index is 6.48. The third-order valence-corrected chi connectivity index (χ3v) is 4.87. The standard InChI is InChI=1S/C28H22O/c1-3-21-15-17-27(25(19-21)23-11-7-5-8-12-23)29-28-18-16-22(4-2)20-26(28)24-13-9-6-10-14-24/h3-20H,1-2H2. The lowest BCUT2D eigenvalue weighted by Gasteiger charge is -2.16. The van der Waals surface area contributed by atoms with E-state index in [-0.39, 0.29) is 0 Å². The van der Waals surface area contributed by atoms with Crippen molar-refractivity contribution in [3.05, 3.63) is 121 Å². The van der Waals surface area contributed by atoms with E-state index in [1.807, 2.05) is 72.8 Å². The van der Waals surface area contributed by atoms with Crippen molar-refractivity contribution in [3.63, 3.8) is 0 Å². The molecule has 140 valence electrons. The molecule has 0 unspecified atom stereocenters. The van der Waals surface area contributed by atoms with Crippen LogP contribution < -0.4 is 4.74 Å². The zero-order valence-corrected chi connectivity index (χ0v) is 16.2. The number of ether oxygens (including phenoxy) is 1. The van der Waals surface area contributed by atoms with E-state index < -0.39 is 0 Å². The van der Waals surface area contributed by atoms with Crippen LogP contribution in [0, 0.1) is 0 Å². The minimum atomic E-state index is 0.810. The van der Waals surface area contributed by atoms with Crippen molar-refractivity contribution in [2.45, 2.75) is 0 Å². The van der Waals surface area contributed by atoms with Crippen molar-refractivity contribution in [1.29, 1.82) is 0 Å². The molecule has 0 aromatic heterocycles. The van der Waals surface area contributed by atoms with E-state index in [0.29, 0.717) is 0 Å². The van der Waals surface area contributed by atoms with Gasteiger partial charge in [-0.1, -0.05) is 98.1 Å². The molecule has 4 aromatic rings. The highest BCUT2D eigenvalue weighted by molar-refractivity contribution is 5.77. The fraction of sp³-hybridized carbons (Fsp3) is 0. The van der Waals surface area contributed by atoms with Crippen molar-refractivity contribution in [2.24, 2.45) is 0 Å². The normalized spacial score (nSPS) is 10.3. The van der Waals surface area contributed by atoms with Gasteiger partial charge in [-0.3, -0.25) is 0 Å². The number of hydrogen-bond acceptors (Lipinski definition) is 1. The Balaban J connectivity index is 1.83. The Morgan fingerprint density at radius 2 is 0.931 bits per heavy atom. The summed E-state index contributed by atoms with van der Waals surface area (Å²) in [5.41, 5.74) is 6.40. The Bertz CT molecular complexity index is 1050. The summed E-state index contributed by atoms with van der Waals surface area (Å²) in [6.07, 6.45) is 3.70. The number of hydrogen-bond donors (Lipinski definition) is 0. The second-order valence-corrected chi connectivity index (χ2v) is 6.75. The fourth-order valence-corrected chi connectivity index (χ4v) is 3.33. The molecule has 0 saturated heterocycles. The maximum Gasteiger partial charge on any atom is 0.135 e. The van der Waals surface area contributed by atoms with Gasteiger partial charge in [0.1, 0.15) is 11.5 Å². The highest BCUT2D eigenvalue weighted by Gasteiger charge is 2.12. The average Bonchev–Trinajstić information content (AvgIpc) is 2.80. The smallest absolute Gasteiger partial charge is 0.135 e. The lowest BCUT2D eigenvalue weighted by Crippen LogP contribution is -1.92. The molecule has 4 rings (SSSR count). The van der Waals surface area contributed by atoms with Gasteiger partial charge >= 0.3 is 0 Å². The van der Waals surface area contributed by atoms with Gasteiger partial charge in [0.25, 0.3) is 0 Å². The molecule has 29 heavy (non-hydrogen) atoms. The van der Waals surface area contributed by atoms with E-state index in [1.165, 1.54) is 0 Å².